The van der Waals surface area contributed by atoms with Gasteiger partial charge in [-0.05, 0) is 36.4 Å². The van der Waals surface area contributed by atoms with Gasteiger partial charge < -0.3 is 0 Å². The Morgan fingerprint density at radius 1 is 0.595 bits per heavy atom. The van der Waals surface area contributed by atoms with Gasteiger partial charge in [-0.15, -0.1) is 15.3 Å². The second-order valence-electron chi connectivity index (χ2n) is 8.22. The van der Waals surface area contributed by atoms with Crippen LogP contribution < -0.4 is 0 Å². The number of rotatable bonds is 6. The van der Waals surface area contributed by atoms with Gasteiger partial charge in [0.2, 0.25) is 5.82 Å². The number of hydrogen-bond donors (Lipinski definition) is 1. The van der Waals surface area contributed by atoms with Gasteiger partial charge >= 0.3 is 0 Å². The summed E-state index contributed by atoms with van der Waals surface area (Å²) in [6.45, 7) is 0. The second kappa shape index (κ2) is 10.0. The monoisotopic (exact) mass is 501 g/mol. The lowest BCUT2D eigenvalue weighted by molar-refractivity contribution is 0.957. The lowest BCUT2D eigenvalue weighted by atomic mass is 10.1. The summed E-state index contributed by atoms with van der Waals surface area (Å²) in [5.74, 6) is 0.565. The van der Waals surface area contributed by atoms with Crippen molar-refractivity contribution >= 4 is 40.1 Å². The van der Waals surface area contributed by atoms with E-state index in [2.05, 4.69) is 25.6 Å². The summed E-state index contributed by atoms with van der Waals surface area (Å²) < 4.78 is 1.81. The van der Waals surface area contributed by atoms with E-state index < -0.39 is 0 Å². The molecule has 2 aromatic heterocycles. The summed E-state index contributed by atoms with van der Waals surface area (Å²) in [7, 11) is 0. The van der Waals surface area contributed by atoms with Crippen LogP contribution in [0, 0.1) is 0 Å². The number of hydrogen-bond acceptors (Lipinski definition) is 5. The lowest BCUT2D eigenvalue weighted by Crippen LogP contribution is -1.85. The molecular formula is C29H20ClN7. The van der Waals surface area contributed by atoms with Crippen LogP contribution in [0.3, 0.4) is 0 Å². The Bertz CT molecular complexity index is 1700. The van der Waals surface area contributed by atoms with E-state index in [1.54, 1.807) is 12.1 Å². The molecule has 0 spiro atoms. The van der Waals surface area contributed by atoms with Crippen molar-refractivity contribution in [2.24, 2.45) is 20.5 Å². The molecule has 6 aromatic rings. The third-order valence-electron chi connectivity index (χ3n) is 5.74. The Hall–Kier alpha value is -4.88. The van der Waals surface area contributed by atoms with E-state index in [1.807, 2.05) is 108 Å². The Kier molecular flexibility index (Phi) is 6.10. The summed E-state index contributed by atoms with van der Waals surface area (Å²) >= 11 is 6.04. The van der Waals surface area contributed by atoms with Crippen LogP contribution in [0.5, 0.6) is 0 Å². The molecule has 0 atom stereocenters. The van der Waals surface area contributed by atoms with Gasteiger partial charge in [0.25, 0.3) is 0 Å². The number of halogens is 1. The molecule has 178 valence electrons. The standard InChI is InChI=1S/C29H20ClN7/c30-22-16-18-24(19-17-22)32-34-27-25(20-10-4-1-5-11-20)36-37-28(27)31-26(21-12-6-2-7-13-21)29(37)35-33-23-14-8-3-9-15-23/h1-19,36H. The van der Waals surface area contributed by atoms with Crippen LogP contribution in [0.4, 0.5) is 22.9 Å². The zero-order chi connectivity index (χ0) is 25.0. The molecule has 2 heterocycles. The molecule has 0 fully saturated rings. The molecule has 0 saturated heterocycles. The molecule has 0 aliphatic heterocycles. The van der Waals surface area contributed by atoms with Crippen molar-refractivity contribution in [3.05, 3.63) is 120 Å². The van der Waals surface area contributed by atoms with Gasteiger partial charge in [-0.1, -0.05) is 90.5 Å². The highest BCUT2D eigenvalue weighted by Gasteiger charge is 2.22. The van der Waals surface area contributed by atoms with Crippen LogP contribution in [-0.2, 0) is 0 Å². The van der Waals surface area contributed by atoms with Crippen LogP contribution in [0.25, 0.3) is 28.2 Å². The quantitative estimate of drug-likeness (QED) is 0.226. The molecule has 0 radical (unpaired) electrons. The van der Waals surface area contributed by atoms with E-state index in [-0.39, 0.29) is 0 Å². The van der Waals surface area contributed by atoms with E-state index in [1.165, 1.54) is 0 Å². The fraction of sp³-hybridized carbons (Fsp3) is 0. The van der Waals surface area contributed by atoms with Crippen molar-refractivity contribution in [1.29, 1.82) is 0 Å². The van der Waals surface area contributed by atoms with Crippen LogP contribution in [-0.4, -0.2) is 14.6 Å². The fourth-order valence-electron chi connectivity index (χ4n) is 3.95. The van der Waals surface area contributed by atoms with Crippen molar-refractivity contribution in [1.82, 2.24) is 14.6 Å². The predicted molar refractivity (Wildman–Crippen MR) is 147 cm³/mol. The summed E-state index contributed by atoms with van der Waals surface area (Å²) in [4.78, 5) is 4.97. The second-order valence-corrected chi connectivity index (χ2v) is 8.66. The molecule has 0 aliphatic rings. The van der Waals surface area contributed by atoms with Gasteiger partial charge in [0, 0.05) is 16.1 Å². The van der Waals surface area contributed by atoms with Gasteiger partial charge in [-0.3, -0.25) is 5.10 Å². The minimum absolute atomic E-state index is 0.565. The number of benzene rings is 4. The minimum atomic E-state index is 0.565. The van der Waals surface area contributed by atoms with Crippen molar-refractivity contribution < 1.29 is 0 Å². The predicted octanol–water partition coefficient (Wildman–Crippen LogP) is 9.48. The smallest absolute Gasteiger partial charge is 0.202 e. The van der Waals surface area contributed by atoms with Crippen molar-refractivity contribution in [3.8, 4) is 22.5 Å². The van der Waals surface area contributed by atoms with Crippen molar-refractivity contribution in [2.45, 2.75) is 0 Å². The Morgan fingerprint density at radius 3 is 1.84 bits per heavy atom. The van der Waals surface area contributed by atoms with Crippen molar-refractivity contribution in [2.75, 3.05) is 0 Å². The highest BCUT2D eigenvalue weighted by Crippen LogP contribution is 2.40. The molecule has 0 bridgehead atoms. The number of fused-ring (bicyclic) bond motifs is 1. The first-order chi connectivity index (χ1) is 18.3. The number of H-pyrrole nitrogens is 1. The highest BCUT2D eigenvalue weighted by molar-refractivity contribution is 6.30. The van der Waals surface area contributed by atoms with Gasteiger partial charge in [-0.2, -0.15) is 5.11 Å². The maximum Gasteiger partial charge on any atom is 0.202 e. The molecule has 4 aromatic carbocycles. The van der Waals surface area contributed by atoms with Crippen LogP contribution in [0.1, 0.15) is 0 Å². The number of aromatic nitrogens is 3. The molecule has 0 amide bonds. The summed E-state index contributed by atoms with van der Waals surface area (Å²) in [5, 5.41) is 22.3. The lowest BCUT2D eigenvalue weighted by Gasteiger charge is -2.01. The average Bonchev–Trinajstić information content (AvgIpc) is 3.49. The normalized spacial score (nSPS) is 11.7. The number of aromatic amines is 1. The molecule has 37 heavy (non-hydrogen) atoms. The molecule has 7 nitrogen and oxygen atoms in total. The molecule has 0 saturated carbocycles. The Labute approximate surface area is 217 Å². The van der Waals surface area contributed by atoms with E-state index in [0.29, 0.717) is 33.6 Å². The van der Waals surface area contributed by atoms with Crippen molar-refractivity contribution in [3.63, 3.8) is 0 Å². The third-order valence-corrected chi connectivity index (χ3v) is 6.00. The first-order valence-electron chi connectivity index (χ1n) is 11.7. The van der Waals surface area contributed by atoms with Crippen LogP contribution in [0.2, 0.25) is 5.02 Å². The first-order valence-corrected chi connectivity index (χ1v) is 12.0. The number of nitrogens with zero attached hydrogens (tertiary/aromatic N) is 6. The highest BCUT2D eigenvalue weighted by atomic mass is 35.5. The zero-order valence-electron chi connectivity index (χ0n) is 19.5. The largest absolute Gasteiger partial charge is 0.288 e. The van der Waals surface area contributed by atoms with E-state index in [0.717, 1.165) is 22.5 Å². The average molecular weight is 502 g/mol. The SMILES string of the molecule is Clc1ccc(N=Nc2c(-c3ccccc3)[nH]n3c(N=Nc4ccccc4)c(-c4ccccc4)nc23)cc1. The van der Waals surface area contributed by atoms with E-state index in [4.69, 9.17) is 16.6 Å². The van der Waals surface area contributed by atoms with E-state index >= 15 is 0 Å². The summed E-state index contributed by atoms with van der Waals surface area (Å²) in [6, 6.07) is 36.7. The zero-order valence-corrected chi connectivity index (χ0v) is 20.3. The Morgan fingerprint density at radius 2 is 1.16 bits per heavy atom. The number of imidazole rings is 1. The summed E-state index contributed by atoms with van der Waals surface area (Å²) in [5.41, 5.74) is 5.95. The molecule has 0 aliphatic carbocycles. The molecular weight excluding hydrogens is 482 g/mol. The minimum Gasteiger partial charge on any atom is -0.288 e. The fourth-order valence-corrected chi connectivity index (χ4v) is 4.08. The van der Waals surface area contributed by atoms with Crippen LogP contribution >= 0.6 is 11.6 Å². The number of azo groups is 2. The molecule has 8 heteroatoms. The van der Waals surface area contributed by atoms with E-state index in [9.17, 15) is 0 Å². The molecule has 1 N–H and O–H groups in total. The first kappa shape index (κ1) is 22.6. The third kappa shape index (κ3) is 4.68. The van der Waals surface area contributed by atoms with Gasteiger partial charge in [0.1, 0.15) is 5.69 Å². The van der Waals surface area contributed by atoms with Gasteiger partial charge in [0.15, 0.2) is 11.3 Å². The van der Waals surface area contributed by atoms with Gasteiger partial charge in [0.05, 0.1) is 17.1 Å². The maximum absolute atomic E-state index is 6.04. The van der Waals surface area contributed by atoms with Gasteiger partial charge in [-0.25, -0.2) is 9.50 Å². The molecule has 0 unspecified atom stereocenters. The topological polar surface area (TPSA) is 82.5 Å². The molecule has 6 rings (SSSR count). The number of nitrogens with one attached hydrogen (secondary N) is 1. The summed E-state index contributed by atoms with van der Waals surface area (Å²) in [6.07, 6.45) is 0. The van der Waals surface area contributed by atoms with Crippen LogP contribution in [0.15, 0.2) is 136 Å². The Balaban J connectivity index is 1.57. The maximum atomic E-state index is 6.04.